The normalized spacial score (nSPS) is 12.0. The third kappa shape index (κ3) is 3.34. The summed E-state index contributed by atoms with van der Waals surface area (Å²) in [5, 5.41) is 8.79. The van der Waals surface area contributed by atoms with Crippen molar-refractivity contribution in [1.29, 1.82) is 0 Å². The minimum absolute atomic E-state index is 0.174. The molecule has 1 aromatic carbocycles. The Bertz CT molecular complexity index is 409. The third-order valence-corrected chi connectivity index (χ3v) is 2.55. The Hall–Kier alpha value is -1.78. The second kappa shape index (κ2) is 5.52. The van der Waals surface area contributed by atoms with Gasteiger partial charge < -0.3 is 14.7 Å². The molecule has 1 aromatic rings. The number of ether oxygens (including phenoxy) is 1. The molecule has 0 bridgehead atoms. The van der Waals surface area contributed by atoms with Gasteiger partial charge in [0.1, 0.15) is 0 Å². The zero-order chi connectivity index (χ0) is 13.0. The lowest BCUT2D eigenvalue weighted by Crippen LogP contribution is -2.28. The van der Waals surface area contributed by atoms with E-state index in [1.807, 2.05) is 0 Å². The summed E-state index contributed by atoms with van der Waals surface area (Å²) in [7, 11) is 3.12. The summed E-state index contributed by atoms with van der Waals surface area (Å²) in [5.41, 5.74) is 0.622. The van der Waals surface area contributed by atoms with Gasteiger partial charge >= 0.3 is 5.97 Å². The molecule has 0 radical (unpaired) electrons. The molecule has 0 amide bonds. The molecule has 5 heteroatoms. The average Bonchev–Trinajstić information content (AvgIpc) is 2.28. The van der Waals surface area contributed by atoms with Gasteiger partial charge in [-0.1, -0.05) is 6.92 Å². The van der Waals surface area contributed by atoms with Crippen LogP contribution in [0.15, 0.2) is 18.2 Å². The maximum absolute atomic E-state index is 13.4. The van der Waals surface area contributed by atoms with Crippen LogP contribution in [-0.4, -0.2) is 31.8 Å². The predicted molar refractivity (Wildman–Crippen MR) is 63.0 cm³/mol. The van der Waals surface area contributed by atoms with Crippen LogP contribution >= 0.6 is 0 Å². The highest BCUT2D eigenvalue weighted by Gasteiger charge is 2.15. The van der Waals surface area contributed by atoms with Crippen molar-refractivity contribution >= 4 is 11.7 Å². The monoisotopic (exact) mass is 241 g/mol. The van der Waals surface area contributed by atoms with E-state index >= 15 is 0 Å². The van der Waals surface area contributed by atoms with Gasteiger partial charge in [-0.15, -0.1) is 0 Å². The van der Waals surface area contributed by atoms with Gasteiger partial charge in [-0.25, -0.2) is 4.39 Å². The topological polar surface area (TPSA) is 49.8 Å². The number of benzene rings is 1. The number of methoxy groups -OCH3 is 1. The van der Waals surface area contributed by atoms with E-state index in [0.717, 1.165) is 0 Å². The summed E-state index contributed by atoms with van der Waals surface area (Å²) in [5.74, 6) is -1.66. The maximum atomic E-state index is 13.4. The van der Waals surface area contributed by atoms with Crippen molar-refractivity contribution in [1.82, 2.24) is 0 Å². The van der Waals surface area contributed by atoms with Crippen molar-refractivity contribution in [2.45, 2.75) is 6.92 Å². The number of hydrogen-bond acceptors (Lipinski definition) is 3. The van der Waals surface area contributed by atoms with E-state index < -0.39 is 17.7 Å². The van der Waals surface area contributed by atoms with Crippen LogP contribution in [0.25, 0.3) is 0 Å². The first-order chi connectivity index (χ1) is 7.95. The molecule has 0 saturated heterocycles. The zero-order valence-corrected chi connectivity index (χ0v) is 10.1. The molecule has 0 heterocycles. The van der Waals surface area contributed by atoms with Gasteiger partial charge in [-0.05, 0) is 12.1 Å². The summed E-state index contributed by atoms with van der Waals surface area (Å²) >= 11 is 0. The van der Waals surface area contributed by atoms with Crippen LogP contribution in [0, 0.1) is 11.7 Å². The van der Waals surface area contributed by atoms with Crippen LogP contribution < -0.4 is 9.64 Å². The van der Waals surface area contributed by atoms with Gasteiger partial charge in [0.05, 0.1) is 13.0 Å². The molecule has 0 aliphatic rings. The second-order valence-corrected chi connectivity index (χ2v) is 3.94. The number of nitrogens with zero attached hydrogens (tertiary/aromatic N) is 1. The van der Waals surface area contributed by atoms with Crippen molar-refractivity contribution in [3.63, 3.8) is 0 Å². The lowest BCUT2D eigenvalue weighted by atomic mass is 10.1. The molecule has 1 rings (SSSR count). The molecule has 1 N–H and O–H groups in total. The van der Waals surface area contributed by atoms with Crippen molar-refractivity contribution in [3.8, 4) is 5.75 Å². The van der Waals surface area contributed by atoms with Crippen LogP contribution in [0.3, 0.4) is 0 Å². The van der Waals surface area contributed by atoms with Gasteiger partial charge in [0.25, 0.3) is 0 Å². The highest BCUT2D eigenvalue weighted by Crippen LogP contribution is 2.23. The number of carboxylic acids is 1. The Morgan fingerprint density at radius 1 is 1.59 bits per heavy atom. The highest BCUT2D eigenvalue weighted by atomic mass is 19.1. The van der Waals surface area contributed by atoms with Crippen LogP contribution in [-0.2, 0) is 4.79 Å². The fourth-order valence-corrected chi connectivity index (χ4v) is 1.49. The summed E-state index contributed by atoms with van der Waals surface area (Å²) < 4.78 is 18.3. The number of carboxylic acid groups (broad SMARTS) is 1. The molecule has 17 heavy (non-hydrogen) atoms. The molecular formula is C12H16FNO3. The minimum atomic E-state index is -0.870. The number of rotatable bonds is 5. The second-order valence-electron chi connectivity index (χ2n) is 3.94. The van der Waals surface area contributed by atoms with Gasteiger partial charge in [0, 0.05) is 25.3 Å². The number of aliphatic carboxylic acids is 1. The first kappa shape index (κ1) is 13.3. The van der Waals surface area contributed by atoms with E-state index in [0.29, 0.717) is 12.2 Å². The van der Waals surface area contributed by atoms with Crippen LogP contribution in [0.5, 0.6) is 5.75 Å². The molecule has 0 spiro atoms. The summed E-state index contributed by atoms with van der Waals surface area (Å²) in [4.78, 5) is 12.4. The SMILES string of the molecule is COc1ccc(N(C)CC(C)C(=O)O)cc1F. The Balaban J connectivity index is 2.79. The first-order valence-corrected chi connectivity index (χ1v) is 5.23. The number of hydrogen-bond donors (Lipinski definition) is 1. The van der Waals surface area contributed by atoms with Crippen LogP contribution in [0.2, 0.25) is 0 Å². The molecule has 1 unspecified atom stereocenters. The molecule has 94 valence electrons. The zero-order valence-electron chi connectivity index (χ0n) is 10.1. The first-order valence-electron chi connectivity index (χ1n) is 5.23. The van der Waals surface area contributed by atoms with Gasteiger partial charge in [-0.3, -0.25) is 4.79 Å². The third-order valence-electron chi connectivity index (χ3n) is 2.55. The van der Waals surface area contributed by atoms with Gasteiger partial charge in [0.2, 0.25) is 0 Å². The standard InChI is InChI=1S/C12H16FNO3/c1-8(12(15)16)7-14(2)9-4-5-11(17-3)10(13)6-9/h4-6,8H,7H2,1-3H3,(H,15,16). The number of anilines is 1. The molecule has 1 atom stereocenters. The minimum Gasteiger partial charge on any atom is -0.494 e. The van der Waals surface area contributed by atoms with Crippen molar-refractivity contribution < 1.29 is 19.0 Å². The van der Waals surface area contributed by atoms with Crippen LogP contribution in [0.4, 0.5) is 10.1 Å². The molecule has 0 saturated carbocycles. The van der Waals surface area contributed by atoms with Crippen molar-refractivity contribution in [2.24, 2.45) is 5.92 Å². The van der Waals surface area contributed by atoms with Gasteiger partial charge in [-0.2, -0.15) is 0 Å². The van der Waals surface area contributed by atoms with E-state index in [1.54, 1.807) is 24.9 Å². The largest absolute Gasteiger partial charge is 0.494 e. The van der Waals surface area contributed by atoms with E-state index in [2.05, 4.69) is 0 Å². The summed E-state index contributed by atoms with van der Waals surface area (Å²) in [6, 6.07) is 4.54. The fourth-order valence-electron chi connectivity index (χ4n) is 1.49. The lowest BCUT2D eigenvalue weighted by Gasteiger charge is -2.21. The van der Waals surface area contributed by atoms with Crippen molar-refractivity contribution in [3.05, 3.63) is 24.0 Å². The Morgan fingerprint density at radius 3 is 2.71 bits per heavy atom. The summed E-state index contributed by atoms with van der Waals surface area (Å²) in [6.45, 7) is 1.93. The van der Waals surface area contributed by atoms with E-state index in [4.69, 9.17) is 9.84 Å². The van der Waals surface area contributed by atoms with Crippen LogP contribution in [0.1, 0.15) is 6.92 Å². The predicted octanol–water partition coefficient (Wildman–Crippen LogP) is 1.99. The quantitative estimate of drug-likeness (QED) is 0.856. The summed E-state index contributed by atoms with van der Waals surface area (Å²) in [6.07, 6.45) is 0. The average molecular weight is 241 g/mol. The maximum Gasteiger partial charge on any atom is 0.308 e. The molecule has 4 nitrogen and oxygen atoms in total. The number of halogens is 1. The molecular weight excluding hydrogens is 225 g/mol. The fraction of sp³-hybridized carbons (Fsp3) is 0.417. The van der Waals surface area contributed by atoms with Crippen molar-refractivity contribution in [2.75, 3.05) is 25.6 Å². The van der Waals surface area contributed by atoms with Gasteiger partial charge in [0.15, 0.2) is 11.6 Å². The molecule has 0 aromatic heterocycles. The van der Waals surface area contributed by atoms with E-state index in [1.165, 1.54) is 19.2 Å². The van der Waals surface area contributed by atoms with E-state index in [-0.39, 0.29) is 5.75 Å². The molecule has 0 fully saturated rings. The molecule has 0 aliphatic carbocycles. The molecule has 0 aliphatic heterocycles. The smallest absolute Gasteiger partial charge is 0.308 e. The Labute approximate surface area is 99.6 Å². The van der Waals surface area contributed by atoms with E-state index in [9.17, 15) is 9.18 Å². The Kier molecular flexibility index (Phi) is 4.31. The lowest BCUT2D eigenvalue weighted by molar-refractivity contribution is -0.140. The number of carbonyl (C=O) groups is 1. The Morgan fingerprint density at radius 2 is 2.24 bits per heavy atom. The highest BCUT2D eigenvalue weighted by molar-refractivity contribution is 5.70.